The molecule has 2 aromatic heterocycles. The topological polar surface area (TPSA) is 82.8 Å². The predicted molar refractivity (Wildman–Crippen MR) is 96.3 cm³/mol. The fourth-order valence-electron chi connectivity index (χ4n) is 2.37. The molecule has 0 unspecified atom stereocenters. The van der Waals surface area contributed by atoms with Gasteiger partial charge in [0.1, 0.15) is 12.4 Å². The number of hydrogen-bond acceptors (Lipinski definition) is 8. The Labute approximate surface area is 170 Å². The van der Waals surface area contributed by atoms with Crippen molar-refractivity contribution in [3.63, 3.8) is 0 Å². The number of halogens is 5. The first kappa shape index (κ1) is 21.7. The van der Waals surface area contributed by atoms with E-state index in [0.29, 0.717) is 11.9 Å². The van der Waals surface area contributed by atoms with Gasteiger partial charge >= 0.3 is 12.2 Å². The molecule has 0 aliphatic rings. The molecule has 0 radical (unpaired) electrons. The quantitative estimate of drug-likeness (QED) is 0.408. The van der Waals surface area contributed by atoms with E-state index in [0.717, 1.165) is 18.2 Å². The summed E-state index contributed by atoms with van der Waals surface area (Å²) in [5.41, 5.74) is -0.863. The molecule has 14 heteroatoms. The zero-order valence-corrected chi connectivity index (χ0v) is 16.2. The van der Waals surface area contributed by atoms with E-state index in [1.165, 1.54) is 24.9 Å². The van der Waals surface area contributed by atoms with Gasteiger partial charge in [-0.3, -0.25) is 4.72 Å². The van der Waals surface area contributed by atoms with Gasteiger partial charge < -0.3 is 14.2 Å². The molecular formula is C16H14F5N5O3S. The Bertz CT molecular complexity index is 989. The molecular weight excluding hydrogens is 437 g/mol. The largest absolute Gasteiger partial charge is 0.491 e. The van der Waals surface area contributed by atoms with E-state index < -0.39 is 29.7 Å². The Morgan fingerprint density at radius 3 is 2.57 bits per heavy atom. The predicted octanol–water partition coefficient (Wildman–Crippen LogP) is 3.92. The van der Waals surface area contributed by atoms with Crippen LogP contribution in [0.5, 0.6) is 17.5 Å². The van der Waals surface area contributed by atoms with Gasteiger partial charge in [0.2, 0.25) is 5.65 Å². The molecule has 30 heavy (non-hydrogen) atoms. The molecule has 0 fully saturated rings. The first-order valence-corrected chi connectivity index (χ1v) is 8.94. The highest BCUT2D eigenvalue weighted by Gasteiger charge is 2.35. The third-order valence-corrected chi connectivity index (χ3v) is 4.51. The molecule has 3 aromatic rings. The van der Waals surface area contributed by atoms with Gasteiger partial charge in [-0.15, -0.1) is 5.10 Å². The second kappa shape index (κ2) is 8.77. The van der Waals surface area contributed by atoms with Gasteiger partial charge in [0, 0.05) is 0 Å². The summed E-state index contributed by atoms with van der Waals surface area (Å²) < 4.78 is 83.9. The monoisotopic (exact) mass is 451 g/mol. The average molecular weight is 451 g/mol. The number of fused-ring (bicyclic) bond motifs is 1. The van der Waals surface area contributed by atoms with Gasteiger partial charge in [-0.05, 0) is 24.1 Å². The van der Waals surface area contributed by atoms with E-state index >= 15 is 0 Å². The summed E-state index contributed by atoms with van der Waals surface area (Å²) in [6.07, 6.45) is -6.25. The Balaban J connectivity index is 1.94. The molecule has 0 aliphatic heterocycles. The maximum Gasteiger partial charge on any atom is 0.417 e. The highest BCUT2D eigenvalue weighted by atomic mass is 32.2. The Kier molecular flexibility index (Phi) is 6.34. The maximum absolute atomic E-state index is 13.4. The molecule has 8 nitrogen and oxygen atoms in total. The van der Waals surface area contributed by atoms with Crippen molar-refractivity contribution in [1.29, 1.82) is 0 Å². The van der Waals surface area contributed by atoms with E-state index in [-0.39, 0.29) is 29.1 Å². The minimum atomic E-state index is -4.74. The van der Waals surface area contributed by atoms with Crippen LogP contribution in [-0.2, 0) is 6.18 Å². The number of nitrogens with zero attached hydrogens (tertiary/aromatic N) is 4. The van der Waals surface area contributed by atoms with Crippen LogP contribution in [-0.4, -0.2) is 46.8 Å². The number of rotatable bonds is 8. The Morgan fingerprint density at radius 2 is 1.93 bits per heavy atom. The van der Waals surface area contributed by atoms with E-state index in [9.17, 15) is 22.0 Å². The Hall–Kier alpha value is -3.03. The lowest BCUT2D eigenvalue weighted by atomic mass is 10.2. The summed E-state index contributed by atoms with van der Waals surface area (Å²) in [6, 6.07) is 3.10. The third-order valence-electron chi connectivity index (χ3n) is 3.60. The molecule has 0 amide bonds. The number of benzene rings is 1. The van der Waals surface area contributed by atoms with Gasteiger partial charge in [-0.2, -0.15) is 27.7 Å². The van der Waals surface area contributed by atoms with Crippen molar-refractivity contribution in [3.05, 3.63) is 30.0 Å². The van der Waals surface area contributed by atoms with Crippen molar-refractivity contribution in [3.8, 4) is 17.5 Å². The second-order valence-electron chi connectivity index (χ2n) is 5.52. The molecule has 162 valence electrons. The van der Waals surface area contributed by atoms with Gasteiger partial charge in [0.05, 0.1) is 30.9 Å². The van der Waals surface area contributed by atoms with E-state index in [2.05, 4.69) is 19.8 Å². The molecule has 3 rings (SSSR count). The van der Waals surface area contributed by atoms with Crippen molar-refractivity contribution in [2.24, 2.45) is 0 Å². The van der Waals surface area contributed by atoms with Crippen LogP contribution in [0.3, 0.4) is 0 Å². The summed E-state index contributed by atoms with van der Waals surface area (Å²) in [5.74, 6) is -0.206. The van der Waals surface area contributed by atoms with Crippen molar-refractivity contribution in [2.45, 2.75) is 17.5 Å². The molecule has 0 aliphatic carbocycles. The van der Waals surface area contributed by atoms with Gasteiger partial charge in [0.25, 0.3) is 12.4 Å². The maximum atomic E-state index is 13.4. The summed E-state index contributed by atoms with van der Waals surface area (Å²) >= 11 is 0.467. The van der Waals surface area contributed by atoms with E-state index in [1.807, 2.05) is 0 Å². The average Bonchev–Trinajstić information content (AvgIpc) is 3.13. The van der Waals surface area contributed by atoms with Crippen molar-refractivity contribution < 1.29 is 36.2 Å². The van der Waals surface area contributed by atoms with E-state index in [4.69, 9.17) is 14.2 Å². The SMILES string of the molecule is COc1cnc(OC)n2nc(NSc3c(OCC(F)F)cccc3C(F)(F)F)nc12. The number of anilines is 1. The Morgan fingerprint density at radius 1 is 1.17 bits per heavy atom. The standard InChI is InChI=1S/C16H14F5N5O3S/c1-27-10-6-22-15(28-2)26-13(10)23-14(24-26)25-30-12-8(16(19,20)21)4-3-5-9(12)29-7-11(17)18/h3-6,11H,7H2,1-2H3,(H,24,25). The number of aromatic nitrogens is 4. The molecule has 2 heterocycles. The second-order valence-corrected chi connectivity index (χ2v) is 6.34. The van der Waals surface area contributed by atoms with Crippen LogP contribution in [0, 0.1) is 0 Å². The fourth-order valence-corrected chi connectivity index (χ4v) is 3.17. The zero-order valence-electron chi connectivity index (χ0n) is 15.4. The van der Waals surface area contributed by atoms with Gasteiger partial charge in [0.15, 0.2) is 5.75 Å². The summed E-state index contributed by atoms with van der Waals surface area (Å²) in [4.78, 5) is 7.66. The number of hydrogen-bond donors (Lipinski definition) is 1. The van der Waals surface area contributed by atoms with Crippen molar-refractivity contribution >= 4 is 23.5 Å². The lowest BCUT2D eigenvalue weighted by Crippen LogP contribution is -2.12. The van der Waals surface area contributed by atoms with Gasteiger partial charge in [-0.25, -0.2) is 8.78 Å². The zero-order chi connectivity index (χ0) is 21.9. The minimum Gasteiger partial charge on any atom is -0.491 e. The first-order chi connectivity index (χ1) is 14.2. The lowest BCUT2D eigenvalue weighted by molar-refractivity contribution is -0.139. The molecule has 0 spiro atoms. The molecule has 0 saturated carbocycles. The molecule has 0 atom stereocenters. The van der Waals surface area contributed by atoms with E-state index in [1.54, 1.807) is 0 Å². The van der Waals surface area contributed by atoms with Crippen molar-refractivity contribution in [2.75, 3.05) is 25.5 Å². The van der Waals surface area contributed by atoms with Crippen molar-refractivity contribution in [1.82, 2.24) is 19.6 Å². The number of methoxy groups -OCH3 is 2. The van der Waals surface area contributed by atoms with Crippen LogP contribution in [0.4, 0.5) is 27.9 Å². The highest BCUT2D eigenvalue weighted by molar-refractivity contribution is 8.00. The first-order valence-electron chi connectivity index (χ1n) is 8.12. The molecule has 0 bridgehead atoms. The van der Waals surface area contributed by atoms with Crippen LogP contribution in [0.15, 0.2) is 29.3 Å². The number of nitrogens with one attached hydrogen (secondary N) is 1. The fraction of sp³-hybridized carbons (Fsp3) is 0.312. The van der Waals surface area contributed by atoms with Gasteiger partial charge in [-0.1, -0.05) is 6.07 Å². The summed E-state index contributed by atoms with van der Waals surface area (Å²) in [7, 11) is 2.73. The van der Waals surface area contributed by atoms with Crippen LogP contribution >= 0.6 is 11.9 Å². The molecule has 1 N–H and O–H groups in total. The molecule has 0 saturated heterocycles. The van der Waals surface area contributed by atoms with Crippen LogP contribution < -0.4 is 18.9 Å². The normalized spacial score (nSPS) is 11.7. The summed E-state index contributed by atoms with van der Waals surface area (Å²) in [6.45, 7) is -1.05. The van der Waals surface area contributed by atoms with Crippen LogP contribution in [0.1, 0.15) is 5.56 Å². The molecule has 1 aromatic carbocycles. The number of ether oxygens (including phenoxy) is 3. The lowest BCUT2D eigenvalue weighted by Gasteiger charge is -2.16. The van der Waals surface area contributed by atoms with Crippen LogP contribution in [0.2, 0.25) is 0 Å². The smallest absolute Gasteiger partial charge is 0.417 e. The number of alkyl halides is 5. The minimum absolute atomic E-state index is 0.0630. The summed E-state index contributed by atoms with van der Waals surface area (Å²) in [5, 5.41) is 4.07. The third kappa shape index (κ3) is 4.58. The van der Waals surface area contributed by atoms with Crippen LogP contribution in [0.25, 0.3) is 5.65 Å². The highest BCUT2D eigenvalue weighted by Crippen LogP contribution is 2.42.